The molecule has 0 bridgehead atoms. The predicted molar refractivity (Wildman–Crippen MR) is 144 cm³/mol. The van der Waals surface area contributed by atoms with E-state index in [-0.39, 0.29) is 18.0 Å². The Morgan fingerprint density at radius 1 is 1.13 bits per heavy atom. The van der Waals surface area contributed by atoms with Crippen LogP contribution in [0.4, 0.5) is 14.9 Å². The third-order valence-electron chi connectivity index (χ3n) is 5.35. The van der Waals surface area contributed by atoms with Crippen LogP contribution in [0.2, 0.25) is 5.02 Å². The first-order valence-electron chi connectivity index (χ1n) is 11.5. The Morgan fingerprint density at radius 3 is 2.58 bits per heavy atom. The molecule has 2 N–H and O–H groups in total. The molecule has 3 aromatic rings. The van der Waals surface area contributed by atoms with Gasteiger partial charge in [-0.2, -0.15) is 0 Å². The number of carbonyl (C=O) groups is 3. The minimum absolute atomic E-state index is 0.0297. The fourth-order valence-corrected chi connectivity index (χ4v) is 4.29. The maximum Gasteiger partial charge on any atom is 0.329 e. The molecule has 11 heteroatoms. The van der Waals surface area contributed by atoms with E-state index >= 15 is 0 Å². The first-order chi connectivity index (χ1) is 18.2. The van der Waals surface area contributed by atoms with E-state index < -0.39 is 30.2 Å². The van der Waals surface area contributed by atoms with E-state index in [4.69, 9.17) is 21.1 Å². The van der Waals surface area contributed by atoms with Gasteiger partial charge in [0.05, 0.1) is 16.8 Å². The van der Waals surface area contributed by atoms with E-state index in [2.05, 4.69) is 26.6 Å². The van der Waals surface area contributed by atoms with Crippen molar-refractivity contribution in [2.45, 2.75) is 13.5 Å². The largest absolute Gasteiger partial charge is 0.490 e. The van der Waals surface area contributed by atoms with Gasteiger partial charge >= 0.3 is 6.03 Å². The number of ether oxygens (including phenoxy) is 2. The zero-order valence-electron chi connectivity index (χ0n) is 20.1. The number of benzene rings is 3. The van der Waals surface area contributed by atoms with Crippen molar-refractivity contribution in [3.05, 3.63) is 92.8 Å². The number of hydrogen-bond donors (Lipinski definition) is 2. The number of anilines is 1. The van der Waals surface area contributed by atoms with Gasteiger partial charge in [-0.3, -0.25) is 9.59 Å². The molecule has 0 radical (unpaired) electrons. The monoisotopic (exact) mass is 601 g/mol. The number of nitrogens with one attached hydrogen (secondary N) is 2. The summed E-state index contributed by atoms with van der Waals surface area (Å²) in [6.07, 6.45) is 1.46. The predicted octanol–water partition coefficient (Wildman–Crippen LogP) is 5.75. The Morgan fingerprint density at radius 2 is 1.87 bits per heavy atom. The molecule has 4 rings (SSSR count). The number of halogens is 3. The third kappa shape index (κ3) is 6.51. The lowest BCUT2D eigenvalue weighted by Crippen LogP contribution is -2.38. The van der Waals surface area contributed by atoms with Crippen molar-refractivity contribution in [2.24, 2.45) is 0 Å². The number of amides is 4. The highest BCUT2D eigenvalue weighted by Gasteiger charge is 2.35. The second kappa shape index (κ2) is 12.1. The zero-order chi connectivity index (χ0) is 27.2. The van der Waals surface area contributed by atoms with Crippen LogP contribution >= 0.6 is 27.5 Å². The van der Waals surface area contributed by atoms with Gasteiger partial charge in [0.25, 0.3) is 5.91 Å². The highest BCUT2D eigenvalue weighted by molar-refractivity contribution is 9.10. The highest BCUT2D eigenvalue weighted by Crippen LogP contribution is 2.38. The smallest absolute Gasteiger partial charge is 0.329 e. The van der Waals surface area contributed by atoms with Gasteiger partial charge in [0.1, 0.15) is 24.7 Å². The average Bonchev–Trinajstić information content (AvgIpc) is 3.13. The van der Waals surface area contributed by atoms with Crippen LogP contribution < -0.4 is 20.1 Å². The second-order valence-electron chi connectivity index (χ2n) is 8.09. The van der Waals surface area contributed by atoms with Crippen molar-refractivity contribution in [3.63, 3.8) is 0 Å². The van der Waals surface area contributed by atoms with Gasteiger partial charge in [-0.25, -0.2) is 14.1 Å². The molecule has 0 aromatic heterocycles. The molecule has 1 aliphatic heterocycles. The molecule has 1 heterocycles. The van der Waals surface area contributed by atoms with Crippen molar-refractivity contribution in [3.8, 4) is 11.5 Å². The van der Waals surface area contributed by atoms with Crippen LogP contribution in [0.15, 0.2) is 70.8 Å². The lowest BCUT2D eigenvalue weighted by atomic mass is 10.1. The summed E-state index contributed by atoms with van der Waals surface area (Å²) in [5.41, 5.74) is 1.37. The number of rotatable bonds is 9. The van der Waals surface area contributed by atoms with Crippen LogP contribution in [0.1, 0.15) is 18.1 Å². The van der Waals surface area contributed by atoms with Crippen molar-refractivity contribution in [1.29, 1.82) is 0 Å². The van der Waals surface area contributed by atoms with Gasteiger partial charge in [-0.1, -0.05) is 35.9 Å². The Hall–Kier alpha value is -3.89. The first kappa shape index (κ1) is 27.2. The van der Waals surface area contributed by atoms with Crippen LogP contribution in [0.5, 0.6) is 11.5 Å². The lowest BCUT2D eigenvalue weighted by Gasteiger charge is -2.15. The van der Waals surface area contributed by atoms with E-state index in [0.717, 1.165) is 10.5 Å². The van der Waals surface area contributed by atoms with E-state index in [1.807, 2.05) is 19.1 Å². The minimum Gasteiger partial charge on any atom is -0.490 e. The quantitative estimate of drug-likeness (QED) is 0.240. The number of hydrogen-bond acceptors (Lipinski definition) is 5. The molecule has 0 unspecified atom stereocenters. The third-order valence-corrected chi connectivity index (χ3v) is 6.19. The summed E-state index contributed by atoms with van der Waals surface area (Å²) in [6, 6.07) is 15.5. The van der Waals surface area contributed by atoms with E-state index in [1.54, 1.807) is 30.3 Å². The molecule has 196 valence electrons. The maximum absolute atomic E-state index is 13.8. The Labute approximate surface area is 231 Å². The zero-order valence-corrected chi connectivity index (χ0v) is 22.4. The van der Waals surface area contributed by atoms with Crippen LogP contribution in [0.3, 0.4) is 0 Å². The van der Waals surface area contributed by atoms with Crippen LogP contribution in [0.25, 0.3) is 6.08 Å². The van der Waals surface area contributed by atoms with Crippen LogP contribution in [0, 0.1) is 5.82 Å². The molecule has 4 amide bonds. The molecule has 0 aliphatic carbocycles. The topological polar surface area (TPSA) is 97.0 Å². The summed E-state index contributed by atoms with van der Waals surface area (Å²) in [5.74, 6) is -1.15. The molecule has 0 saturated carbocycles. The molecule has 1 aliphatic rings. The Kier molecular flexibility index (Phi) is 8.65. The Bertz CT molecular complexity index is 1410. The molecule has 38 heavy (non-hydrogen) atoms. The average molecular weight is 603 g/mol. The molecule has 1 fully saturated rings. The Balaban J connectivity index is 1.49. The van der Waals surface area contributed by atoms with Gasteiger partial charge in [0.2, 0.25) is 5.91 Å². The molecule has 0 atom stereocenters. The number of urea groups is 1. The molecule has 8 nitrogen and oxygen atoms in total. The molecule has 3 aromatic carbocycles. The van der Waals surface area contributed by atoms with Crippen LogP contribution in [-0.2, 0) is 16.2 Å². The molecule has 0 spiro atoms. The summed E-state index contributed by atoms with van der Waals surface area (Å²) in [6.45, 7) is 1.88. The van der Waals surface area contributed by atoms with Crippen molar-refractivity contribution in [1.82, 2.24) is 10.2 Å². The second-order valence-corrected chi connectivity index (χ2v) is 9.38. The van der Waals surface area contributed by atoms with Gasteiger partial charge in [0.15, 0.2) is 11.5 Å². The van der Waals surface area contributed by atoms with Crippen molar-refractivity contribution in [2.75, 3.05) is 18.5 Å². The molecule has 1 saturated heterocycles. The molecular formula is C27H22BrClFN3O5. The lowest BCUT2D eigenvalue weighted by molar-refractivity contribution is -0.127. The molecular weight excluding hydrogens is 581 g/mol. The number of carbonyl (C=O) groups excluding carboxylic acids is 3. The minimum atomic E-state index is -0.767. The fraction of sp³-hybridized carbons (Fsp3) is 0.148. The van der Waals surface area contributed by atoms with Crippen LogP contribution in [-0.4, -0.2) is 35.9 Å². The normalized spacial score (nSPS) is 14.0. The van der Waals surface area contributed by atoms with Crippen molar-refractivity contribution >= 4 is 57.1 Å². The van der Waals surface area contributed by atoms with E-state index in [9.17, 15) is 18.8 Å². The van der Waals surface area contributed by atoms with Gasteiger partial charge in [-0.05, 0) is 76.5 Å². The number of para-hydroxylation sites is 1. The summed E-state index contributed by atoms with van der Waals surface area (Å²) < 4.78 is 26.1. The fourth-order valence-electron chi connectivity index (χ4n) is 3.59. The number of imide groups is 1. The van der Waals surface area contributed by atoms with Gasteiger partial charge < -0.3 is 20.1 Å². The maximum atomic E-state index is 13.8. The number of nitrogens with zero attached hydrogens (tertiary/aromatic N) is 1. The summed E-state index contributed by atoms with van der Waals surface area (Å²) in [5, 5.41) is 5.44. The van der Waals surface area contributed by atoms with Gasteiger partial charge in [0, 0.05) is 5.02 Å². The summed E-state index contributed by atoms with van der Waals surface area (Å²) in [7, 11) is 0. The summed E-state index contributed by atoms with van der Waals surface area (Å²) in [4.78, 5) is 38.4. The van der Waals surface area contributed by atoms with E-state index in [0.29, 0.717) is 33.2 Å². The highest BCUT2D eigenvalue weighted by atomic mass is 79.9. The summed E-state index contributed by atoms with van der Waals surface area (Å²) >= 11 is 9.43. The van der Waals surface area contributed by atoms with E-state index in [1.165, 1.54) is 24.3 Å². The standard InChI is InChI=1S/C27H22BrClFN3O5/c1-2-37-23-13-17(11-19(28)25(23)38-15-16-7-9-18(29)10-8-16)12-22-26(35)33(27(36)32-22)14-24(34)31-21-6-4-3-5-20(21)30/h3-13H,2,14-15H2,1H3,(H,31,34)(H,32,36)/b22-12+. The SMILES string of the molecule is CCOc1cc(/C=C2/NC(=O)N(CC(=O)Nc3ccccc3F)C2=O)cc(Br)c1OCc1ccc(Cl)cc1. The van der Waals surface area contributed by atoms with Crippen molar-refractivity contribution < 1.29 is 28.2 Å². The first-order valence-corrected chi connectivity index (χ1v) is 12.6. The van der Waals surface area contributed by atoms with Gasteiger partial charge in [-0.15, -0.1) is 0 Å².